The largest absolute Gasteiger partial charge is 0.437 e. The fourth-order valence-corrected chi connectivity index (χ4v) is 2.08. The number of urea groups is 1. The lowest BCUT2D eigenvalue weighted by Gasteiger charge is -2.08. The van der Waals surface area contributed by atoms with Crippen LogP contribution in [-0.4, -0.2) is 34.4 Å². The van der Waals surface area contributed by atoms with Crippen LogP contribution in [-0.2, 0) is 11.3 Å². The summed E-state index contributed by atoms with van der Waals surface area (Å²) in [5, 5.41) is 8.59. The molecule has 0 aromatic carbocycles. The zero-order valence-corrected chi connectivity index (χ0v) is 12.0. The first-order chi connectivity index (χ1) is 10.7. The third-order valence-corrected chi connectivity index (χ3v) is 3.19. The molecule has 0 atom stereocenters. The first kappa shape index (κ1) is 16.7. The summed E-state index contributed by atoms with van der Waals surface area (Å²) in [5.74, 6) is -1.95. The lowest BCUT2D eigenvalue weighted by atomic mass is 10.5. The first-order valence-electron chi connectivity index (χ1n) is 6.01. The van der Waals surface area contributed by atoms with Crippen molar-refractivity contribution in [1.82, 2.24) is 20.4 Å². The van der Waals surface area contributed by atoms with Gasteiger partial charge < -0.3 is 9.73 Å². The molecule has 8 nitrogen and oxygen atoms in total. The second-order valence-electron chi connectivity index (χ2n) is 4.15. The smallest absolute Gasteiger partial charge is 0.387 e. The number of aromatic nitrogens is 2. The van der Waals surface area contributed by atoms with E-state index in [4.69, 9.17) is 4.42 Å². The van der Waals surface area contributed by atoms with E-state index in [1.165, 1.54) is 16.7 Å². The summed E-state index contributed by atoms with van der Waals surface area (Å²) < 4.78 is 41.2. The summed E-state index contributed by atoms with van der Waals surface area (Å²) >= 11 is 1.26. The number of hydrogen-bond donors (Lipinski definition) is 2. The SMILES string of the molecule is O=C(Cn1nc(-c2cccs2)oc1=O)NC(=O)NCC(F)(F)F. The van der Waals surface area contributed by atoms with E-state index in [0.717, 1.165) is 0 Å². The number of hydrogen-bond acceptors (Lipinski definition) is 6. The van der Waals surface area contributed by atoms with Crippen LogP contribution in [0.4, 0.5) is 18.0 Å². The van der Waals surface area contributed by atoms with E-state index >= 15 is 0 Å². The van der Waals surface area contributed by atoms with Crippen LogP contribution >= 0.6 is 11.3 Å². The molecule has 0 saturated heterocycles. The van der Waals surface area contributed by atoms with E-state index in [9.17, 15) is 27.6 Å². The van der Waals surface area contributed by atoms with Gasteiger partial charge in [0.25, 0.3) is 5.89 Å². The summed E-state index contributed by atoms with van der Waals surface area (Å²) in [4.78, 5) is 34.7. The summed E-state index contributed by atoms with van der Waals surface area (Å²) in [6.45, 7) is -2.26. The van der Waals surface area contributed by atoms with Crippen molar-refractivity contribution in [3.63, 3.8) is 0 Å². The fourth-order valence-electron chi connectivity index (χ4n) is 1.43. The number of rotatable bonds is 4. The van der Waals surface area contributed by atoms with E-state index in [1.54, 1.807) is 22.8 Å². The monoisotopic (exact) mass is 350 g/mol. The van der Waals surface area contributed by atoms with Crippen LogP contribution in [0.2, 0.25) is 0 Å². The first-order valence-corrected chi connectivity index (χ1v) is 6.89. The number of halogens is 3. The number of carbonyl (C=O) groups excluding carboxylic acids is 2. The van der Waals surface area contributed by atoms with Crippen molar-refractivity contribution < 1.29 is 27.2 Å². The topological polar surface area (TPSA) is 106 Å². The maximum absolute atomic E-state index is 11.9. The molecule has 2 heterocycles. The maximum Gasteiger partial charge on any atom is 0.437 e. The van der Waals surface area contributed by atoms with Crippen LogP contribution in [0.3, 0.4) is 0 Å². The highest BCUT2D eigenvalue weighted by Crippen LogP contribution is 2.20. The van der Waals surface area contributed by atoms with Crippen molar-refractivity contribution in [2.24, 2.45) is 0 Å². The molecule has 0 aliphatic carbocycles. The van der Waals surface area contributed by atoms with Gasteiger partial charge in [-0.2, -0.15) is 17.9 Å². The highest BCUT2D eigenvalue weighted by atomic mass is 32.1. The standard InChI is InChI=1S/C11H9F3N4O4S/c12-11(13,14)5-15-9(20)16-7(19)4-18-10(21)22-8(17-18)6-2-1-3-23-6/h1-3H,4-5H2,(H2,15,16,19,20). The van der Waals surface area contributed by atoms with E-state index in [0.29, 0.717) is 9.56 Å². The van der Waals surface area contributed by atoms with Gasteiger partial charge in [-0.3, -0.25) is 10.1 Å². The average molecular weight is 350 g/mol. The molecule has 0 saturated carbocycles. The Morgan fingerprint density at radius 2 is 2.13 bits per heavy atom. The van der Waals surface area contributed by atoms with Crippen LogP contribution in [0, 0.1) is 0 Å². The van der Waals surface area contributed by atoms with Gasteiger partial charge >= 0.3 is 18.0 Å². The zero-order valence-electron chi connectivity index (χ0n) is 11.2. The van der Waals surface area contributed by atoms with Gasteiger partial charge in [0, 0.05) is 0 Å². The predicted molar refractivity (Wildman–Crippen MR) is 71.7 cm³/mol. The minimum atomic E-state index is -4.60. The number of alkyl halides is 3. The Bertz CT molecular complexity index is 750. The van der Waals surface area contributed by atoms with Crippen LogP contribution in [0.25, 0.3) is 10.8 Å². The molecule has 2 aromatic rings. The Balaban J connectivity index is 1.93. The highest BCUT2D eigenvalue weighted by molar-refractivity contribution is 7.13. The predicted octanol–water partition coefficient (Wildman–Crippen LogP) is 0.953. The molecule has 0 unspecified atom stereocenters. The highest BCUT2D eigenvalue weighted by Gasteiger charge is 2.28. The minimum Gasteiger partial charge on any atom is -0.387 e. The summed E-state index contributed by atoms with van der Waals surface area (Å²) in [7, 11) is 0. The Morgan fingerprint density at radius 1 is 1.39 bits per heavy atom. The summed E-state index contributed by atoms with van der Waals surface area (Å²) in [5.41, 5.74) is 0. The van der Waals surface area contributed by atoms with Gasteiger partial charge in [0.15, 0.2) is 0 Å². The number of nitrogens with zero attached hydrogens (tertiary/aromatic N) is 2. The molecule has 23 heavy (non-hydrogen) atoms. The van der Waals surface area contributed by atoms with Crippen molar-refractivity contribution in [2.45, 2.75) is 12.7 Å². The van der Waals surface area contributed by atoms with Gasteiger partial charge in [0.1, 0.15) is 13.1 Å². The second-order valence-corrected chi connectivity index (χ2v) is 5.10. The lowest BCUT2D eigenvalue weighted by Crippen LogP contribution is -2.45. The molecule has 2 aromatic heterocycles. The van der Waals surface area contributed by atoms with Crippen LogP contribution in [0.1, 0.15) is 0 Å². The Labute approximate surface area is 129 Å². The fraction of sp³-hybridized carbons (Fsp3) is 0.273. The molecule has 0 aliphatic heterocycles. The van der Waals surface area contributed by atoms with Crippen LogP contribution in [0.5, 0.6) is 0 Å². The molecule has 0 bridgehead atoms. The Kier molecular flexibility index (Phi) is 4.83. The van der Waals surface area contributed by atoms with Crippen molar-refractivity contribution in [2.75, 3.05) is 6.54 Å². The third-order valence-electron chi connectivity index (χ3n) is 2.33. The Morgan fingerprint density at radius 3 is 2.74 bits per heavy atom. The van der Waals surface area contributed by atoms with E-state index < -0.39 is 37.0 Å². The zero-order chi connectivity index (χ0) is 17.0. The van der Waals surface area contributed by atoms with Gasteiger partial charge in [-0.15, -0.1) is 16.4 Å². The molecule has 124 valence electrons. The van der Waals surface area contributed by atoms with E-state index in [-0.39, 0.29) is 5.89 Å². The average Bonchev–Trinajstić information content (AvgIpc) is 3.06. The molecule has 3 amide bonds. The molecule has 0 fully saturated rings. The number of carbonyl (C=O) groups is 2. The second kappa shape index (κ2) is 6.64. The van der Waals surface area contributed by atoms with E-state index in [2.05, 4.69) is 5.10 Å². The van der Waals surface area contributed by atoms with Crippen molar-refractivity contribution in [3.05, 3.63) is 28.1 Å². The van der Waals surface area contributed by atoms with Crippen LogP contribution in [0.15, 0.2) is 26.7 Å². The number of nitrogens with one attached hydrogen (secondary N) is 2. The minimum absolute atomic E-state index is 0.000627. The van der Waals surface area contributed by atoms with Crippen molar-refractivity contribution in [1.29, 1.82) is 0 Å². The van der Waals surface area contributed by atoms with Gasteiger partial charge in [0.05, 0.1) is 4.88 Å². The van der Waals surface area contributed by atoms with Gasteiger partial charge in [-0.1, -0.05) is 6.07 Å². The third kappa shape index (κ3) is 4.95. The van der Waals surface area contributed by atoms with Gasteiger partial charge in [-0.25, -0.2) is 9.59 Å². The van der Waals surface area contributed by atoms with Crippen LogP contribution < -0.4 is 16.4 Å². The van der Waals surface area contributed by atoms with Gasteiger partial charge in [0.2, 0.25) is 5.91 Å². The molecule has 2 N–H and O–H groups in total. The molecule has 12 heteroatoms. The molecular weight excluding hydrogens is 341 g/mol. The Hall–Kier alpha value is -2.63. The molecule has 0 radical (unpaired) electrons. The molecule has 0 spiro atoms. The molecular formula is C11H9F3N4O4S. The summed E-state index contributed by atoms with van der Waals surface area (Å²) in [6, 6.07) is 2.02. The summed E-state index contributed by atoms with van der Waals surface area (Å²) in [6.07, 6.45) is -4.60. The van der Waals surface area contributed by atoms with Gasteiger partial charge in [-0.05, 0) is 11.4 Å². The van der Waals surface area contributed by atoms with Crippen molar-refractivity contribution in [3.8, 4) is 10.8 Å². The number of amides is 3. The number of thiophene rings is 1. The number of imide groups is 1. The molecule has 0 aliphatic rings. The quantitative estimate of drug-likeness (QED) is 0.854. The van der Waals surface area contributed by atoms with Crippen molar-refractivity contribution >= 4 is 23.3 Å². The molecule has 2 rings (SSSR count). The normalized spacial score (nSPS) is 11.3. The van der Waals surface area contributed by atoms with E-state index in [1.807, 2.05) is 0 Å². The lowest BCUT2D eigenvalue weighted by molar-refractivity contribution is -0.125. The maximum atomic E-state index is 11.9.